The molecule has 0 fully saturated rings. The number of hydrogen-bond acceptors (Lipinski definition) is 4. The molecule has 146 valence electrons. The first-order valence-corrected chi connectivity index (χ1v) is 10.2. The molecule has 1 aromatic heterocycles. The summed E-state index contributed by atoms with van der Waals surface area (Å²) in [6.07, 6.45) is 1.46. The smallest absolute Gasteiger partial charge is 0.323 e. The minimum atomic E-state index is -3.78. The van der Waals surface area contributed by atoms with Gasteiger partial charge in [-0.25, -0.2) is 17.9 Å². The van der Waals surface area contributed by atoms with Crippen LogP contribution < -0.4 is 15.4 Å². The van der Waals surface area contributed by atoms with Crippen molar-refractivity contribution < 1.29 is 17.6 Å². The van der Waals surface area contributed by atoms with Gasteiger partial charge in [0.25, 0.3) is 0 Å². The highest BCUT2D eigenvalue weighted by Crippen LogP contribution is 2.25. The van der Waals surface area contributed by atoms with Gasteiger partial charge in [-0.2, -0.15) is 0 Å². The molecule has 0 atom stereocenters. The molecule has 0 saturated carbocycles. The molecular weight excluding hydrogens is 425 g/mol. The fourth-order valence-electron chi connectivity index (χ4n) is 2.27. The molecule has 3 rings (SSSR count). The number of hydrogen-bond donors (Lipinski definition) is 3. The van der Waals surface area contributed by atoms with Crippen LogP contribution in [-0.4, -0.2) is 14.4 Å². The van der Waals surface area contributed by atoms with Gasteiger partial charge in [0.15, 0.2) is 0 Å². The van der Waals surface area contributed by atoms with E-state index in [0.717, 1.165) is 0 Å². The predicted molar refractivity (Wildman–Crippen MR) is 108 cm³/mol. The van der Waals surface area contributed by atoms with E-state index in [1.54, 1.807) is 30.3 Å². The number of amides is 2. The normalized spacial score (nSPS) is 11.2. The van der Waals surface area contributed by atoms with Gasteiger partial charge in [0.1, 0.15) is 5.76 Å². The zero-order valence-electron chi connectivity index (χ0n) is 14.3. The maximum atomic E-state index is 12.4. The van der Waals surface area contributed by atoms with Crippen LogP contribution in [0.15, 0.2) is 70.2 Å². The van der Waals surface area contributed by atoms with Gasteiger partial charge >= 0.3 is 6.03 Å². The molecule has 0 unspecified atom stereocenters. The summed E-state index contributed by atoms with van der Waals surface area (Å²) >= 11 is 11.7. The van der Waals surface area contributed by atoms with Crippen LogP contribution in [0.2, 0.25) is 10.0 Å². The summed E-state index contributed by atoms with van der Waals surface area (Å²) < 4.78 is 32.4. The van der Waals surface area contributed by atoms with Crippen LogP contribution in [-0.2, 0) is 16.6 Å². The van der Waals surface area contributed by atoms with Crippen molar-refractivity contribution >= 4 is 50.6 Å². The first-order chi connectivity index (χ1) is 13.3. The molecule has 0 saturated heterocycles. The highest BCUT2D eigenvalue weighted by molar-refractivity contribution is 7.89. The van der Waals surface area contributed by atoms with Gasteiger partial charge in [0.2, 0.25) is 10.0 Å². The minimum absolute atomic E-state index is 0.00592. The van der Waals surface area contributed by atoms with Crippen molar-refractivity contribution in [2.24, 2.45) is 0 Å². The molecule has 0 aliphatic rings. The molecule has 28 heavy (non-hydrogen) atoms. The molecule has 0 aliphatic carbocycles. The topological polar surface area (TPSA) is 100 Å². The van der Waals surface area contributed by atoms with Crippen molar-refractivity contribution in [2.75, 3.05) is 10.6 Å². The summed E-state index contributed by atoms with van der Waals surface area (Å²) in [5.74, 6) is 0.485. The Hall–Kier alpha value is -2.52. The summed E-state index contributed by atoms with van der Waals surface area (Å²) in [6.45, 7) is 0.0187. The van der Waals surface area contributed by atoms with Gasteiger partial charge in [-0.05, 0) is 48.5 Å². The van der Waals surface area contributed by atoms with Gasteiger partial charge in [0, 0.05) is 11.4 Å². The molecule has 0 aliphatic heterocycles. The first-order valence-electron chi connectivity index (χ1n) is 7.99. The number of nitrogens with one attached hydrogen (secondary N) is 3. The van der Waals surface area contributed by atoms with E-state index in [1.165, 1.54) is 30.5 Å². The minimum Gasteiger partial charge on any atom is -0.468 e. The second-order valence-electron chi connectivity index (χ2n) is 5.64. The lowest BCUT2D eigenvalue weighted by Crippen LogP contribution is -2.23. The third-order valence-corrected chi connectivity index (χ3v) is 5.73. The Morgan fingerprint density at radius 1 is 0.929 bits per heavy atom. The number of anilines is 2. The lowest BCUT2D eigenvalue weighted by molar-refractivity contribution is 0.262. The maximum absolute atomic E-state index is 12.4. The molecule has 3 aromatic rings. The van der Waals surface area contributed by atoms with Crippen molar-refractivity contribution in [3.8, 4) is 0 Å². The van der Waals surface area contributed by atoms with E-state index < -0.39 is 16.1 Å². The van der Waals surface area contributed by atoms with E-state index in [-0.39, 0.29) is 11.4 Å². The van der Waals surface area contributed by atoms with E-state index in [9.17, 15) is 13.2 Å². The molecule has 10 heteroatoms. The Labute approximate surface area is 171 Å². The van der Waals surface area contributed by atoms with Crippen molar-refractivity contribution in [1.29, 1.82) is 0 Å². The molecule has 1 heterocycles. The fourth-order valence-corrected chi connectivity index (χ4v) is 3.61. The van der Waals surface area contributed by atoms with E-state index in [4.69, 9.17) is 27.6 Å². The monoisotopic (exact) mass is 439 g/mol. The largest absolute Gasteiger partial charge is 0.468 e. The maximum Gasteiger partial charge on any atom is 0.323 e. The van der Waals surface area contributed by atoms with Gasteiger partial charge in [-0.1, -0.05) is 29.3 Å². The van der Waals surface area contributed by atoms with E-state index in [1.807, 2.05) is 0 Å². The van der Waals surface area contributed by atoms with E-state index >= 15 is 0 Å². The number of rotatable bonds is 6. The Morgan fingerprint density at radius 2 is 1.68 bits per heavy atom. The van der Waals surface area contributed by atoms with Crippen LogP contribution in [0.5, 0.6) is 0 Å². The van der Waals surface area contributed by atoms with Crippen molar-refractivity contribution in [1.82, 2.24) is 4.72 Å². The summed E-state index contributed by atoms with van der Waals surface area (Å²) in [7, 11) is -3.78. The number of carbonyl (C=O) groups is 1. The molecule has 0 spiro atoms. The third kappa shape index (κ3) is 5.26. The van der Waals surface area contributed by atoms with Crippen LogP contribution in [0, 0.1) is 0 Å². The zero-order chi connectivity index (χ0) is 20.1. The average Bonchev–Trinajstić information content (AvgIpc) is 3.17. The summed E-state index contributed by atoms with van der Waals surface area (Å²) in [5.41, 5.74) is 0.745. The van der Waals surface area contributed by atoms with Crippen molar-refractivity contribution in [2.45, 2.75) is 11.4 Å². The highest BCUT2D eigenvalue weighted by atomic mass is 35.5. The fraction of sp³-hybridized carbons (Fsp3) is 0.0556. The summed E-state index contributed by atoms with van der Waals surface area (Å²) in [6, 6.07) is 13.3. The average molecular weight is 440 g/mol. The number of furan rings is 1. The molecule has 0 bridgehead atoms. The van der Waals surface area contributed by atoms with Crippen LogP contribution in [0.25, 0.3) is 0 Å². The van der Waals surface area contributed by atoms with Gasteiger partial charge in [-0.15, -0.1) is 0 Å². The SMILES string of the molecule is O=C(Nc1cccc(S(=O)(=O)NCc2ccco2)c1)Nc1ccc(Cl)c(Cl)c1. The lowest BCUT2D eigenvalue weighted by Gasteiger charge is -2.10. The first kappa shape index (κ1) is 20.2. The van der Waals surface area contributed by atoms with Crippen LogP contribution in [0.4, 0.5) is 16.2 Å². The Morgan fingerprint density at radius 3 is 2.36 bits per heavy atom. The van der Waals surface area contributed by atoms with Gasteiger partial charge < -0.3 is 15.1 Å². The van der Waals surface area contributed by atoms with E-state index in [2.05, 4.69) is 15.4 Å². The molecule has 2 amide bonds. The Balaban J connectivity index is 1.66. The van der Waals surface area contributed by atoms with Gasteiger partial charge in [-0.3, -0.25) is 0 Å². The number of halogens is 2. The predicted octanol–water partition coefficient (Wildman–Crippen LogP) is 4.71. The highest BCUT2D eigenvalue weighted by Gasteiger charge is 2.15. The standard InChI is InChI=1S/C18H15Cl2N3O4S/c19-16-7-6-13(10-17(16)20)23-18(24)22-12-3-1-5-15(9-12)28(25,26)21-11-14-4-2-8-27-14/h1-10,21H,11H2,(H2,22,23,24). The van der Waals surface area contributed by atoms with Crippen LogP contribution in [0.1, 0.15) is 5.76 Å². The Kier molecular flexibility index (Phi) is 6.25. The number of urea groups is 1. The van der Waals surface area contributed by atoms with Gasteiger partial charge in [0.05, 0.1) is 27.7 Å². The van der Waals surface area contributed by atoms with Crippen molar-refractivity contribution in [3.63, 3.8) is 0 Å². The second-order valence-corrected chi connectivity index (χ2v) is 8.22. The summed E-state index contributed by atoms with van der Waals surface area (Å²) in [4.78, 5) is 12.2. The Bertz CT molecular complexity index is 1090. The molecule has 0 radical (unpaired) electrons. The number of carbonyl (C=O) groups excluding carboxylic acids is 1. The molecular formula is C18H15Cl2N3O4S. The van der Waals surface area contributed by atoms with Crippen molar-refractivity contribution in [3.05, 3.63) is 76.7 Å². The quantitative estimate of drug-likeness (QED) is 0.517. The molecule has 2 aromatic carbocycles. The lowest BCUT2D eigenvalue weighted by atomic mass is 10.3. The molecule has 3 N–H and O–H groups in total. The van der Waals surface area contributed by atoms with E-state index in [0.29, 0.717) is 27.2 Å². The second kappa shape index (κ2) is 8.66. The van der Waals surface area contributed by atoms with Crippen LogP contribution >= 0.6 is 23.2 Å². The zero-order valence-corrected chi connectivity index (χ0v) is 16.6. The third-order valence-electron chi connectivity index (χ3n) is 3.60. The molecule has 7 nitrogen and oxygen atoms in total. The summed E-state index contributed by atoms with van der Waals surface area (Å²) in [5, 5.41) is 5.83. The van der Waals surface area contributed by atoms with Crippen LogP contribution in [0.3, 0.4) is 0 Å². The number of sulfonamides is 1. The number of benzene rings is 2.